The van der Waals surface area contributed by atoms with Crippen molar-refractivity contribution < 1.29 is 24.5 Å². The minimum atomic E-state index is -0.962. The lowest BCUT2D eigenvalue weighted by molar-refractivity contribution is -0.232. The van der Waals surface area contributed by atoms with Crippen molar-refractivity contribution in [3.63, 3.8) is 0 Å². The Morgan fingerprint density at radius 3 is 2.40 bits per heavy atom. The molecule has 1 unspecified atom stereocenters. The lowest BCUT2D eigenvalue weighted by Crippen LogP contribution is -2.49. The van der Waals surface area contributed by atoms with Gasteiger partial charge in [0.25, 0.3) is 0 Å². The van der Waals surface area contributed by atoms with E-state index in [2.05, 4.69) is 5.32 Å². The van der Waals surface area contributed by atoms with E-state index in [1.807, 2.05) is 27.7 Å². The van der Waals surface area contributed by atoms with Crippen molar-refractivity contribution in [2.24, 2.45) is 11.3 Å². The molecule has 0 spiro atoms. The zero-order chi connectivity index (χ0) is 15.3. The summed E-state index contributed by atoms with van der Waals surface area (Å²) >= 11 is 0. The molecule has 0 aliphatic carbocycles. The normalized spacial score (nSPS) is 24.1. The molecular weight excluding hydrogens is 262 g/mol. The number of hydrogen-bond acceptors (Lipinski definition) is 5. The van der Waals surface area contributed by atoms with E-state index in [1.54, 1.807) is 0 Å². The SMILES string of the molecule is CC[C@H](C)[C@H](NC(O)CC1OCC(C)(C)CO1)C(=O)O. The van der Waals surface area contributed by atoms with Crippen LogP contribution in [0.5, 0.6) is 0 Å². The fourth-order valence-corrected chi connectivity index (χ4v) is 2.04. The molecule has 0 bridgehead atoms. The number of ether oxygens (including phenoxy) is 2. The number of carboxylic acids is 1. The molecule has 1 aliphatic heterocycles. The molecule has 3 atom stereocenters. The van der Waals surface area contributed by atoms with Crippen molar-refractivity contribution in [3.8, 4) is 0 Å². The molecule has 118 valence electrons. The highest BCUT2D eigenvalue weighted by atomic mass is 16.7. The summed E-state index contributed by atoms with van der Waals surface area (Å²) in [6, 6.07) is -0.768. The van der Waals surface area contributed by atoms with E-state index < -0.39 is 24.5 Å². The summed E-state index contributed by atoms with van der Waals surface area (Å²) in [5.74, 6) is -1.01. The van der Waals surface area contributed by atoms with Gasteiger partial charge in [-0.05, 0) is 5.92 Å². The van der Waals surface area contributed by atoms with Gasteiger partial charge in [-0.3, -0.25) is 10.1 Å². The third kappa shape index (κ3) is 5.36. The first-order valence-corrected chi connectivity index (χ1v) is 7.15. The number of nitrogens with one attached hydrogen (secondary N) is 1. The van der Waals surface area contributed by atoms with Crippen molar-refractivity contribution in [1.29, 1.82) is 0 Å². The first-order valence-electron chi connectivity index (χ1n) is 7.15. The number of rotatable bonds is 7. The smallest absolute Gasteiger partial charge is 0.321 e. The van der Waals surface area contributed by atoms with Crippen molar-refractivity contribution in [2.75, 3.05) is 13.2 Å². The van der Waals surface area contributed by atoms with Crippen LogP contribution in [0.2, 0.25) is 0 Å². The van der Waals surface area contributed by atoms with Crippen LogP contribution in [-0.4, -0.2) is 48.0 Å². The lowest BCUT2D eigenvalue weighted by atomic mass is 9.95. The molecule has 20 heavy (non-hydrogen) atoms. The monoisotopic (exact) mass is 289 g/mol. The second-order valence-corrected chi connectivity index (χ2v) is 6.34. The summed E-state index contributed by atoms with van der Waals surface area (Å²) in [5, 5.41) is 21.9. The van der Waals surface area contributed by atoms with Crippen LogP contribution in [0.15, 0.2) is 0 Å². The maximum Gasteiger partial charge on any atom is 0.321 e. The topological polar surface area (TPSA) is 88.0 Å². The molecule has 6 nitrogen and oxygen atoms in total. The summed E-state index contributed by atoms with van der Waals surface area (Å²) in [6.45, 7) is 8.98. The Kier molecular flexibility index (Phi) is 6.39. The van der Waals surface area contributed by atoms with Gasteiger partial charge in [0.05, 0.1) is 13.2 Å². The Hall–Kier alpha value is -0.690. The Balaban J connectivity index is 2.42. The first kappa shape index (κ1) is 17.4. The molecule has 6 heteroatoms. The van der Waals surface area contributed by atoms with E-state index in [4.69, 9.17) is 14.6 Å². The lowest BCUT2D eigenvalue weighted by Gasteiger charge is -2.35. The van der Waals surface area contributed by atoms with Gasteiger partial charge in [-0.1, -0.05) is 34.1 Å². The fraction of sp³-hybridized carbons (Fsp3) is 0.929. The van der Waals surface area contributed by atoms with E-state index in [0.717, 1.165) is 6.42 Å². The molecule has 0 saturated carbocycles. The summed E-state index contributed by atoms with van der Waals surface area (Å²) in [6.07, 6.45) is -0.509. The summed E-state index contributed by atoms with van der Waals surface area (Å²) in [4.78, 5) is 11.2. The number of hydrogen-bond donors (Lipinski definition) is 3. The second kappa shape index (κ2) is 7.36. The minimum Gasteiger partial charge on any atom is -0.480 e. The van der Waals surface area contributed by atoms with E-state index in [-0.39, 0.29) is 17.8 Å². The average molecular weight is 289 g/mol. The number of aliphatic carboxylic acids is 1. The molecule has 0 radical (unpaired) electrons. The molecule has 0 aromatic rings. The van der Waals surface area contributed by atoms with Crippen LogP contribution >= 0.6 is 0 Å². The Morgan fingerprint density at radius 2 is 1.95 bits per heavy atom. The third-order valence-electron chi connectivity index (χ3n) is 3.59. The van der Waals surface area contributed by atoms with Gasteiger partial charge in [-0.25, -0.2) is 0 Å². The number of aliphatic hydroxyl groups is 1. The van der Waals surface area contributed by atoms with Crippen LogP contribution in [-0.2, 0) is 14.3 Å². The second-order valence-electron chi connectivity index (χ2n) is 6.34. The largest absolute Gasteiger partial charge is 0.480 e. The average Bonchev–Trinajstić information content (AvgIpc) is 2.37. The summed E-state index contributed by atoms with van der Waals surface area (Å²) in [5.41, 5.74) is -0.0186. The molecule has 1 rings (SSSR count). The number of carbonyl (C=O) groups is 1. The predicted octanol–water partition coefficient (Wildman–Crippen LogP) is 1.18. The van der Waals surface area contributed by atoms with Gasteiger partial charge >= 0.3 is 5.97 Å². The minimum absolute atomic E-state index is 0.0186. The Labute approximate surface area is 120 Å². The summed E-state index contributed by atoms with van der Waals surface area (Å²) < 4.78 is 11.0. The highest BCUT2D eigenvalue weighted by Gasteiger charge is 2.31. The molecular formula is C14H27NO5. The standard InChI is InChI=1S/C14H27NO5/c1-5-9(2)12(13(17)18)15-10(16)6-11-19-7-14(3,4)8-20-11/h9-12,15-16H,5-8H2,1-4H3,(H,17,18)/t9-,10?,12-/m0/s1. The molecule has 1 saturated heterocycles. The van der Waals surface area contributed by atoms with Gasteiger partial charge in [0.2, 0.25) is 0 Å². The zero-order valence-electron chi connectivity index (χ0n) is 12.8. The van der Waals surface area contributed by atoms with Crippen molar-refractivity contribution >= 4 is 5.97 Å². The highest BCUT2D eigenvalue weighted by molar-refractivity contribution is 5.73. The number of aliphatic hydroxyl groups excluding tert-OH is 1. The first-order chi connectivity index (χ1) is 9.25. The van der Waals surface area contributed by atoms with Gasteiger partial charge in [-0.2, -0.15) is 0 Å². The van der Waals surface area contributed by atoms with Crippen molar-refractivity contribution in [3.05, 3.63) is 0 Å². The van der Waals surface area contributed by atoms with Crippen molar-refractivity contribution in [1.82, 2.24) is 5.32 Å². The maximum atomic E-state index is 11.2. The van der Waals surface area contributed by atoms with Gasteiger partial charge in [0.15, 0.2) is 6.29 Å². The van der Waals surface area contributed by atoms with Crippen LogP contribution < -0.4 is 5.32 Å². The number of carboxylic acid groups (broad SMARTS) is 1. The van der Waals surface area contributed by atoms with Crippen LogP contribution in [0, 0.1) is 11.3 Å². The van der Waals surface area contributed by atoms with Gasteiger partial charge in [-0.15, -0.1) is 0 Å². The van der Waals surface area contributed by atoms with Gasteiger partial charge in [0, 0.05) is 11.8 Å². The van der Waals surface area contributed by atoms with E-state index in [0.29, 0.717) is 13.2 Å². The Morgan fingerprint density at radius 1 is 1.40 bits per heavy atom. The quantitative estimate of drug-likeness (QED) is 0.610. The van der Waals surface area contributed by atoms with Crippen LogP contribution in [0.3, 0.4) is 0 Å². The summed E-state index contributed by atoms with van der Waals surface area (Å²) in [7, 11) is 0. The molecule has 0 aromatic heterocycles. The van der Waals surface area contributed by atoms with Crippen LogP contribution in [0.25, 0.3) is 0 Å². The molecule has 1 fully saturated rings. The molecule has 3 N–H and O–H groups in total. The maximum absolute atomic E-state index is 11.2. The fourth-order valence-electron chi connectivity index (χ4n) is 2.04. The van der Waals surface area contributed by atoms with Gasteiger partial charge < -0.3 is 19.7 Å². The molecule has 1 aliphatic rings. The predicted molar refractivity (Wildman–Crippen MR) is 74.1 cm³/mol. The van der Waals surface area contributed by atoms with E-state index >= 15 is 0 Å². The van der Waals surface area contributed by atoms with Gasteiger partial charge in [0.1, 0.15) is 12.3 Å². The molecule has 0 amide bonds. The molecule has 1 heterocycles. The van der Waals surface area contributed by atoms with Crippen LogP contribution in [0.1, 0.15) is 40.5 Å². The van der Waals surface area contributed by atoms with Crippen LogP contribution in [0.4, 0.5) is 0 Å². The van der Waals surface area contributed by atoms with E-state index in [9.17, 15) is 9.90 Å². The third-order valence-corrected chi connectivity index (χ3v) is 3.59. The molecule has 0 aromatic carbocycles. The van der Waals surface area contributed by atoms with Crippen molar-refractivity contribution in [2.45, 2.75) is 59.1 Å². The highest BCUT2D eigenvalue weighted by Crippen LogP contribution is 2.24. The van der Waals surface area contributed by atoms with E-state index in [1.165, 1.54) is 0 Å². The Bertz CT molecular complexity index is 311. The zero-order valence-corrected chi connectivity index (χ0v) is 12.8.